The Morgan fingerprint density at radius 2 is 1.89 bits per heavy atom. The van der Waals surface area contributed by atoms with Crippen molar-refractivity contribution in [2.75, 3.05) is 0 Å². The van der Waals surface area contributed by atoms with E-state index in [0.29, 0.717) is 24.0 Å². The summed E-state index contributed by atoms with van der Waals surface area (Å²) in [4.78, 5) is 0. The Balaban J connectivity index is 2.75. The smallest absolute Gasteiger partial charge is 0.114 e. The lowest BCUT2D eigenvalue weighted by molar-refractivity contribution is 0.146. The van der Waals surface area contributed by atoms with Crippen molar-refractivity contribution in [1.82, 2.24) is 15.0 Å². The Kier molecular flexibility index (Phi) is 5.36. The van der Waals surface area contributed by atoms with Gasteiger partial charge in [0, 0.05) is 0 Å². The maximum absolute atomic E-state index is 9.97. The van der Waals surface area contributed by atoms with Crippen LogP contribution in [-0.4, -0.2) is 20.1 Å². The quantitative estimate of drug-likeness (QED) is 0.788. The topological polar surface area (TPSA) is 50.9 Å². The van der Waals surface area contributed by atoms with Crippen LogP contribution in [0.4, 0.5) is 0 Å². The molecule has 0 saturated carbocycles. The normalized spacial score (nSPS) is 14.8. The molecule has 1 N–H and O–H groups in total. The van der Waals surface area contributed by atoms with Gasteiger partial charge in [0.05, 0.1) is 12.3 Å². The van der Waals surface area contributed by atoms with Crippen LogP contribution in [0.3, 0.4) is 0 Å². The minimum absolute atomic E-state index is 0.0856. The van der Waals surface area contributed by atoms with Crippen LogP contribution in [0.5, 0.6) is 0 Å². The highest BCUT2D eigenvalue weighted by molar-refractivity contribution is 5.03. The van der Waals surface area contributed by atoms with Gasteiger partial charge in [-0.1, -0.05) is 38.8 Å². The molecule has 2 unspecified atom stereocenters. The van der Waals surface area contributed by atoms with Crippen molar-refractivity contribution in [1.29, 1.82) is 0 Å². The Bertz CT molecular complexity index is 403. The fraction of sp³-hybridized carbons (Fsp3) is 0.714. The van der Waals surface area contributed by atoms with Gasteiger partial charge in [-0.15, -0.1) is 11.5 Å². The van der Waals surface area contributed by atoms with Crippen LogP contribution in [0.2, 0.25) is 0 Å². The lowest BCUT2D eigenvalue weighted by Gasteiger charge is -2.13. The number of hydrogen-bond acceptors (Lipinski definition) is 3. The lowest BCUT2D eigenvalue weighted by Crippen LogP contribution is -2.10. The molecule has 0 radical (unpaired) electrons. The lowest BCUT2D eigenvalue weighted by atomic mass is 10.0. The van der Waals surface area contributed by atoms with Crippen molar-refractivity contribution in [2.45, 2.75) is 52.7 Å². The third-order valence-electron chi connectivity index (χ3n) is 2.77. The van der Waals surface area contributed by atoms with Crippen LogP contribution < -0.4 is 0 Å². The summed E-state index contributed by atoms with van der Waals surface area (Å²) in [6, 6.07) is -0.0856. The Hall–Kier alpha value is -1.34. The predicted molar refractivity (Wildman–Crippen MR) is 71.8 cm³/mol. The highest BCUT2D eigenvalue weighted by atomic mass is 16.3. The minimum Gasteiger partial charge on any atom is -0.387 e. The molecule has 1 aromatic rings. The largest absolute Gasteiger partial charge is 0.387 e. The number of rotatable bonds is 6. The fourth-order valence-corrected chi connectivity index (χ4v) is 1.86. The Morgan fingerprint density at radius 1 is 1.28 bits per heavy atom. The van der Waals surface area contributed by atoms with E-state index in [4.69, 9.17) is 6.42 Å². The summed E-state index contributed by atoms with van der Waals surface area (Å²) in [5, 5.41) is 18.0. The highest BCUT2D eigenvalue weighted by Crippen LogP contribution is 2.21. The molecule has 0 aliphatic carbocycles. The van der Waals surface area contributed by atoms with Crippen molar-refractivity contribution in [3.8, 4) is 12.3 Å². The van der Waals surface area contributed by atoms with E-state index >= 15 is 0 Å². The van der Waals surface area contributed by atoms with E-state index in [1.165, 1.54) is 0 Å². The maximum atomic E-state index is 9.97. The molecule has 4 nitrogen and oxygen atoms in total. The summed E-state index contributed by atoms with van der Waals surface area (Å²) in [7, 11) is 0. The maximum Gasteiger partial charge on any atom is 0.114 e. The number of hydrogen-bond donors (Lipinski definition) is 1. The third-order valence-corrected chi connectivity index (χ3v) is 2.77. The monoisotopic (exact) mass is 249 g/mol. The SMILES string of the molecule is C#CC(CC(C)C)n1cc(C(O)CC(C)C)nn1. The second-order valence-corrected chi connectivity index (χ2v) is 5.58. The molecule has 0 aliphatic rings. The van der Waals surface area contributed by atoms with Crippen molar-refractivity contribution < 1.29 is 5.11 Å². The second-order valence-electron chi connectivity index (χ2n) is 5.58. The molecule has 0 spiro atoms. The van der Waals surface area contributed by atoms with E-state index < -0.39 is 6.10 Å². The van der Waals surface area contributed by atoms with Gasteiger partial charge in [-0.3, -0.25) is 0 Å². The summed E-state index contributed by atoms with van der Waals surface area (Å²) in [5.74, 6) is 3.64. The van der Waals surface area contributed by atoms with Gasteiger partial charge < -0.3 is 5.11 Å². The Labute approximate surface area is 109 Å². The number of aliphatic hydroxyl groups excluding tert-OH is 1. The van der Waals surface area contributed by atoms with Crippen LogP contribution in [0.25, 0.3) is 0 Å². The van der Waals surface area contributed by atoms with E-state index in [1.807, 2.05) is 0 Å². The van der Waals surface area contributed by atoms with Crippen molar-refractivity contribution in [2.24, 2.45) is 11.8 Å². The van der Waals surface area contributed by atoms with Gasteiger partial charge in [0.1, 0.15) is 11.7 Å². The molecule has 0 aromatic carbocycles. The van der Waals surface area contributed by atoms with E-state index in [9.17, 15) is 5.11 Å². The molecule has 0 aliphatic heterocycles. The predicted octanol–water partition coefficient (Wildman–Crippen LogP) is 2.58. The summed E-state index contributed by atoms with van der Waals surface area (Å²) in [6.45, 7) is 8.37. The molecule has 1 aromatic heterocycles. The van der Waals surface area contributed by atoms with Crippen LogP contribution >= 0.6 is 0 Å². The van der Waals surface area contributed by atoms with Gasteiger partial charge in [0.2, 0.25) is 0 Å². The van der Waals surface area contributed by atoms with Gasteiger partial charge in [-0.2, -0.15) is 0 Å². The summed E-state index contributed by atoms with van der Waals surface area (Å²) in [5.41, 5.74) is 0.604. The van der Waals surface area contributed by atoms with E-state index in [2.05, 4.69) is 43.9 Å². The molecule has 18 heavy (non-hydrogen) atoms. The molecule has 0 saturated heterocycles. The van der Waals surface area contributed by atoms with Gasteiger partial charge in [0.15, 0.2) is 0 Å². The zero-order valence-electron chi connectivity index (χ0n) is 11.7. The Morgan fingerprint density at radius 3 is 2.39 bits per heavy atom. The highest BCUT2D eigenvalue weighted by Gasteiger charge is 2.17. The molecule has 100 valence electrons. The number of aliphatic hydroxyl groups is 1. The fourth-order valence-electron chi connectivity index (χ4n) is 1.86. The number of nitrogens with zero attached hydrogens (tertiary/aromatic N) is 3. The zero-order valence-corrected chi connectivity index (χ0v) is 11.7. The van der Waals surface area contributed by atoms with Crippen molar-refractivity contribution in [3.05, 3.63) is 11.9 Å². The van der Waals surface area contributed by atoms with Crippen molar-refractivity contribution >= 4 is 0 Å². The zero-order chi connectivity index (χ0) is 13.7. The first kappa shape index (κ1) is 14.7. The third kappa shape index (κ3) is 4.15. The molecule has 1 heterocycles. The molecule has 4 heteroatoms. The summed E-state index contributed by atoms with van der Waals surface area (Å²) in [6.07, 6.45) is 8.27. The van der Waals surface area contributed by atoms with Gasteiger partial charge >= 0.3 is 0 Å². The van der Waals surface area contributed by atoms with Gasteiger partial charge in [-0.25, -0.2) is 4.68 Å². The van der Waals surface area contributed by atoms with Crippen LogP contribution in [0.1, 0.15) is 58.4 Å². The standard InChI is InChI=1S/C14H23N3O/c1-6-12(7-10(2)3)17-9-13(15-16-17)14(18)8-11(4)5/h1,9-12,14,18H,7-8H2,2-5H3. The van der Waals surface area contributed by atoms with E-state index in [-0.39, 0.29) is 6.04 Å². The molecule has 1 rings (SSSR count). The minimum atomic E-state index is -0.559. The first-order valence-corrected chi connectivity index (χ1v) is 6.50. The first-order chi connectivity index (χ1) is 8.43. The van der Waals surface area contributed by atoms with Gasteiger partial charge in [0.25, 0.3) is 0 Å². The molecule has 0 fully saturated rings. The average Bonchev–Trinajstić information content (AvgIpc) is 2.73. The number of aromatic nitrogens is 3. The summed E-state index contributed by atoms with van der Waals surface area (Å²) < 4.78 is 1.68. The second kappa shape index (κ2) is 6.55. The van der Waals surface area contributed by atoms with Crippen LogP contribution in [0.15, 0.2) is 6.20 Å². The first-order valence-electron chi connectivity index (χ1n) is 6.50. The molecule has 0 amide bonds. The van der Waals surface area contributed by atoms with Crippen LogP contribution in [-0.2, 0) is 0 Å². The van der Waals surface area contributed by atoms with Gasteiger partial charge in [-0.05, 0) is 24.7 Å². The van der Waals surface area contributed by atoms with E-state index in [1.54, 1.807) is 10.9 Å². The number of terminal acetylenes is 1. The molecular formula is C14H23N3O. The molecular weight excluding hydrogens is 226 g/mol. The molecule has 2 atom stereocenters. The summed E-state index contributed by atoms with van der Waals surface area (Å²) >= 11 is 0. The molecule has 0 bridgehead atoms. The average molecular weight is 249 g/mol. The van der Waals surface area contributed by atoms with Crippen molar-refractivity contribution in [3.63, 3.8) is 0 Å². The van der Waals surface area contributed by atoms with E-state index in [0.717, 1.165) is 6.42 Å². The van der Waals surface area contributed by atoms with Crippen LogP contribution in [0, 0.1) is 24.2 Å².